The number of aliphatic hydroxyl groups excluding tert-OH is 1. The van der Waals surface area contributed by atoms with Gasteiger partial charge in [0.05, 0.1) is 18.7 Å². The predicted molar refractivity (Wildman–Crippen MR) is 154 cm³/mol. The Hall–Kier alpha value is -3.92. The van der Waals surface area contributed by atoms with Crippen LogP contribution in [0.4, 0.5) is 27.6 Å². The summed E-state index contributed by atoms with van der Waals surface area (Å²) in [5.74, 6) is -14.5. The Labute approximate surface area is 261 Å². The van der Waals surface area contributed by atoms with Crippen LogP contribution in [-0.4, -0.2) is 48.4 Å². The highest BCUT2D eigenvalue weighted by Gasteiger charge is 2.37. The maximum atomic E-state index is 14.4. The number of rotatable bonds is 10. The number of carbonyl (C=O) groups is 2. The fraction of sp³-hybridized carbons (Fsp3) is 0.355. The molecular formula is C31H31F5N2O7S. The molecule has 0 aliphatic heterocycles. The zero-order valence-electron chi connectivity index (χ0n) is 24.8. The summed E-state index contributed by atoms with van der Waals surface area (Å²) in [6, 6.07) is 10.9. The molecule has 1 aliphatic carbocycles. The number of carbonyl (C=O) groups excluding carboxylic acids is 2. The number of sulfonamides is 1. The van der Waals surface area contributed by atoms with Crippen molar-refractivity contribution >= 4 is 27.6 Å². The Morgan fingerprint density at radius 1 is 0.891 bits per heavy atom. The summed E-state index contributed by atoms with van der Waals surface area (Å²) in [6.45, 7) is -0.286. The minimum absolute atomic E-state index is 0.0102. The van der Waals surface area contributed by atoms with Gasteiger partial charge in [0.2, 0.25) is 21.7 Å². The molecule has 1 fully saturated rings. The fourth-order valence-corrected chi connectivity index (χ4v) is 6.54. The lowest BCUT2D eigenvalue weighted by Crippen LogP contribution is -2.41. The molecule has 0 saturated heterocycles. The first-order valence-electron chi connectivity index (χ1n) is 14.2. The molecule has 0 unspecified atom stereocenters. The Morgan fingerprint density at radius 2 is 1.46 bits per heavy atom. The van der Waals surface area contributed by atoms with Crippen molar-refractivity contribution in [2.24, 2.45) is 0 Å². The van der Waals surface area contributed by atoms with Gasteiger partial charge in [-0.2, -0.15) is 4.31 Å². The van der Waals surface area contributed by atoms with Crippen LogP contribution in [0.5, 0.6) is 5.75 Å². The number of anilines is 1. The first-order valence-corrected chi connectivity index (χ1v) is 15.6. The maximum absolute atomic E-state index is 14.4. The smallest absolute Gasteiger partial charge is 0.308 e. The van der Waals surface area contributed by atoms with Gasteiger partial charge in [-0.1, -0.05) is 43.5 Å². The summed E-state index contributed by atoms with van der Waals surface area (Å²) in [5.41, 5.74) is 1.44. The molecule has 0 radical (unpaired) electrons. The summed E-state index contributed by atoms with van der Waals surface area (Å²) in [4.78, 5) is 24.3. The molecule has 3 aromatic carbocycles. The van der Waals surface area contributed by atoms with Crippen LogP contribution in [-0.2, 0) is 26.2 Å². The molecule has 0 spiro atoms. The molecule has 1 aliphatic rings. The second-order valence-corrected chi connectivity index (χ2v) is 12.9. The summed E-state index contributed by atoms with van der Waals surface area (Å²) in [6.07, 6.45) is 3.39. The number of aliphatic hydroxyl groups is 2. The summed E-state index contributed by atoms with van der Waals surface area (Å²) < 4.78 is 101. The number of halogens is 5. The van der Waals surface area contributed by atoms with Crippen molar-refractivity contribution in [2.45, 2.75) is 62.7 Å². The van der Waals surface area contributed by atoms with Gasteiger partial charge >= 0.3 is 5.97 Å². The molecule has 1 saturated carbocycles. The molecule has 0 aromatic heterocycles. The van der Waals surface area contributed by atoms with Gasteiger partial charge in [0.15, 0.2) is 34.5 Å². The molecule has 0 atom stereocenters. The molecule has 0 heterocycles. The van der Waals surface area contributed by atoms with Crippen LogP contribution in [0.1, 0.15) is 67.9 Å². The van der Waals surface area contributed by atoms with Gasteiger partial charge in [-0.3, -0.25) is 9.59 Å². The second-order valence-electron chi connectivity index (χ2n) is 10.9. The molecule has 15 heteroatoms. The van der Waals surface area contributed by atoms with Crippen LogP contribution in [0.3, 0.4) is 0 Å². The van der Waals surface area contributed by atoms with Crippen molar-refractivity contribution in [2.75, 3.05) is 18.5 Å². The molecule has 0 bridgehead atoms. The highest BCUT2D eigenvalue weighted by atomic mass is 32.2. The Kier molecular flexibility index (Phi) is 10.8. The van der Waals surface area contributed by atoms with Crippen molar-refractivity contribution in [3.05, 3.63) is 88.2 Å². The molecule has 9 nitrogen and oxygen atoms in total. The van der Waals surface area contributed by atoms with E-state index in [9.17, 15) is 50.2 Å². The Balaban J connectivity index is 1.71. The molecule has 2 N–H and O–H groups in total. The van der Waals surface area contributed by atoms with Crippen LogP contribution >= 0.6 is 0 Å². The third kappa shape index (κ3) is 7.38. The normalized spacial score (nSPS) is 14.2. The van der Waals surface area contributed by atoms with E-state index >= 15 is 0 Å². The van der Waals surface area contributed by atoms with Crippen molar-refractivity contribution < 1.29 is 54.9 Å². The van der Waals surface area contributed by atoms with Gasteiger partial charge in [0, 0.05) is 25.7 Å². The molecule has 46 heavy (non-hydrogen) atoms. The van der Waals surface area contributed by atoms with Crippen molar-refractivity contribution in [1.29, 1.82) is 0 Å². The number of ether oxygens (including phenoxy) is 1. The summed E-state index contributed by atoms with van der Waals surface area (Å²) in [7, 11) is -4.73. The molecule has 1 amide bonds. The van der Waals surface area contributed by atoms with E-state index in [2.05, 4.69) is 0 Å². The number of nitrogens with zero attached hydrogens (tertiary/aromatic N) is 2. The molecule has 248 valence electrons. The van der Waals surface area contributed by atoms with Gasteiger partial charge < -0.3 is 19.8 Å². The fourth-order valence-electron chi connectivity index (χ4n) is 5.31. The Bertz CT molecular complexity index is 1700. The largest absolute Gasteiger partial charge is 0.426 e. The average Bonchev–Trinajstić information content (AvgIpc) is 3.01. The van der Waals surface area contributed by atoms with Crippen LogP contribution in [0, 0.1) is 29.1 Å². The topological polar surface area (TPSA) is 124 Å². The third-order valence-corrected chi connectivity index (χ3v) is 9.56. The van der Waals surface area contributed by atoms with E-state index in [4.69, 9.17) is 4.74 Å². The lowest BCUT2D eigenvalue weighted by atomic mass is 9.84. The van der Waals surface area contributed by atoms with Crippen molar-refractivity contribution in [3.63, 3.8) is 0 Å². The van der Waals surface area contributed by atoms with E-state index in [1.54, 1.807) is 12.1 Å². The molecular weight excluding hydrogens is 639 g/mol. The van der Waals surface area contributed by atoms with Gasteiger partial charge in [-0.05, 0) is 42.0 Å². The van der Waals surface area contributed by atoms with E-state index in [-0.39, 0.29) is 27.9 Å². The van der Waals surface area contributed by atoms with Gasteiger partial charge in [-0.15, -0.1) is 0 Å². The number of benzene rings is 3. The Morgan fingerprint density at radius 3 is 2.00 bits per heavy atom. The van der Waals surface area contributed by atoms with Crippen LogP contribution in [0.25, 0.3) is 0 Å². The monoisotopic (exact) mass is 670 g/mol. The quantitative estimate of drug-likeness (QED) is 0.0760. The van der Waals surface area contributed by atoms with Crippen molar-refractivity contribution in [3.8, 4) is 5.75 Å². The lowest BCUT2D eigenvalue weighted by molar-refractivity contribution is -0.132. The number of hydrogen-bond acceptors (Lipinski definition) is 7. The zero-order valence-corrected chi connectivity index (χ0v) is 25.6. The second kappa shape index (κ2) is 14.2. The SMILES string of the molecule is CC(=O)Oc1cc(N(Cc2ccc(C3CCCCC3)cc2)C(=O)CN(C)S(=O)(=O)c2c(F)c(F)c(F)c(F)c2F)ccc1C(O)O. The van der Waals surface area contributed by atoms with Crippen molar-refractivity contribution in [1.82, 2.24) is 4.31 Å². The number of hydrogen-bond donors (Lipinski definition) is 2. The number of likely N-dealkylation sites (N-methyl/N-ethyl adjacent to an activating group) is 1. The zero-order chi connectivity index (χ0) is 33.9. The maximum Gasteiger partial charge on any atom is 0.308 e. The van der Waals surface area contributed by atoms with E-state index in [0.29, 0.717) is 11.5 Å². The minimum Gasteiger partial charge on any atom is -0.426 e. The third-order valence-electron chi connectivity index (χ3n) is 7.73. The van der Waals surface area contributed by atoms with Crippen LogP contribution in [0.15, 0.2) is 47.4 Å². The van der Waals surface area contributed by atoms with E-state index in [1.165, 1.54) is 12.5 Å². The average molecular weight is 671 g/mol. The van der Waals surface area contributed by atoms with E-state index < -0.39 is 68.7 Å². The first kappa shape index (κ1) is 34.9. The molecule has 4 rings (SSSR count). The van der Waals surface area contributed by atoms with E-state index in [0.717, 1.165) is 62.3 Å². The van der Waals surface area contributed by atoms with Gasteiger partial charge in [0.25, 0.3) is 0 Å². The van der Waals surface area contributed by atoms with E-state index in [1.807, 2.05) is 12.1 Å². The predicted octanol–water partition coefficient (Wildman–Crippen LogP) is 5.19. The highest BCUT2D eigenvalue weighted by molar-refractivity contribution is 7.89. The van der Waals surface area contributed by atoms with Crippen LogP contribution < -0.4 is 9.64 Å². The van der Waals surface area contributed by atoms with Crippen LogP contribution in [0.2, 0.25) is 0 Å². The van der Waals surface area contributed by atoms with Gasteiger partial charge in [0.1, 0.15) is 5.75 Å². The minimum atomic E-state index is -5.45. The first-order chi connectivity index (χ1) is 21.6. The molecule has 3 aromatic rings. The lowest BCUT2D eigenvalue weighted by Gasteiger charge is -2.27. The highest BCUT2D eigenvalue weighted by Crippen LogP contribution is 2.34. The summed E-state index contributed by atoms with van der Waals surface area (Å²) >= 11 is 0. The standard InChI is InChI=1S/C31H31F5N2O7S/c1-17(39)45-23-14-21(12-13-22(23)31(41)42)38(15-18-8-10-20(11-9-18)19-6-4-3-5-7-19)24(40)16-37(2)46(43,44)30-28(35)26(33)25(32)27(34)29(30)36/h8-14,19,31,41-42H,3-7,15-16H2,1-2H3. The van der Waals surface area contributed by atoms with Gasteiger partial charge in [-0.25, -0.2) is 30.4 Å². The summed E-state index contributed by atoms with van der Waals surface area (Å²) in [5, 5.41) is 19.4. The number of amides is 1. The number of esters is 1.